The van der Waals surface area contributed by atoms with Crippen molar-refractivity contribution >= 4 is 11.8 Å². The molecule has 7 nitrogen and oxygen atoms in total. The third-order valence-corrected chi connectivity index (χ3v) is 5.95. The van der Waals surface area contributed by atoms with Gasteiger partial charge in [-0.05, 0) is 49.7 Å². The molecule has 1 aliphatic heterocycles. The van der Waals surface area contributed by atoms with Crippen LogP contribution in [0.1, 0.15) is 52.0 Å². The fourth-order valence-corrected chi connectivity index (χ4v) is 4.56. The van der Waals surface area contributed by atoms with E-state index in [4.69, 9.17) is 9.47 Å². The minimum absolute atomic E-state index is 0.0438. The Morgan fingerprint density at radius 3 is 2.82 bits per heavy atom. The van der Waals surface area contributed by atoms with E-state index in [9.17, 15) is 9.59 Å². The van der Waals surface area contributed by atoms with Crippen LogP contribution in [-0.4, -0.2) is 48.0 Å². The number of allylic oxidation sites excluding steroid dienone is 3. The van der Waals surface area contributed by atoms with Crippen LogP contribution in [0.15, 0.2) is 72.1 Å². The Kier molecular flexibility index (Phi) is 8.45. The van der Waals surface area contributed by atoms with Crippen LogP contribution in [0.3, 0.4) is 0 Å². The summed E-state index contributed by atoms with van der Waals surface area (Å²) in [5.41, 5.74) is 3.14. The van der Waals surface area contributed by atoms with Crippen molar-refractivity contribution in [2.75, 3.05) is 26.4 Å². The van der Waals surface area contributed by atoms with E-state index in [0.29, 0.717) is 42.8 Å². The molecule has 7 heteroatoms. The Hall–Kier alpha value is -3.19. The number of nitrogens with zero attached hydrogens (tertiary/aromatic N) is 2. The molecular formula is C27H35N3O4. The van der Waals surface area contributed by atoms with Crippen LogP contribution in [-0.2, 0) is 19.1 Å². The number of pyridine rings is 1. The first kappa shape index (κ1) is 25.4. The molecule has 182 valence electrons. The molecule has 3 rings (SSSR count). The predicted molar refractivity (Wildman–Crippen MR) is 131 cm³/mol. The Morgan fingerprint density at radius 2 is 2.18 bits per heavy atom. The number of esters is 1. The quantitative estimate of drug-likeness (QED) is 0.409. The highest BCUT2D eigenvalue weighted by molar-refractivity contribution is 6.04. The van der Waals surface area contributed by atoms with Gasteiger partial charge in [0.1, 0.15) is 0 Å². The number of rotatable bonds is 10. The predicted octanol–water partition coefficient (Wildman–Crippen LogP) is 4.22. The van der Waals surface area contributed by atoms with Crippen LogP contribution in [0.25, 0.3) is 0 Å². The van der Waals surface area contributed by atoms with E-state index in [1.165, 1.54) is 0 Å². The van der Waals surface area contributed by atoms with Gasteiger partial charge in [0.05, 0.1) is 31.1 Å². The van der Waals surface area contributed by atoms with E-state index < -0.39 is 11.9 Å². The van der Waals surface area contributed by atoms with Crippen LogP contribution >= 0.6 is 0 Å². The molecule has 0 spiro atoms. The van der Waals surface area contributed by atoms with Crippen LogP contribution in [0, 0.1) is 5.41 Å². The van der Waals surface area contributed by atoms with Gasteiger partial charge in [0, 0.05) is 42.5 Å². The smallest absolute Gasteiger partial charge is 0.336 e. The number of ketones is 1. The van der Waals surface area contributed by atoms with Crippen LogP contribution in [0.2, 0.25) is 0 Å². The largest absolute Gasteiger partial charge is 0.463 e. The molecule has 0 bridgehead atoms. The van der Waals surface area contributed by atoms with Gasteiger partial charge >= 0.3 is 5.97 Å². The second-order valence-electron chi connectivity index (χ2n) is 9.25. The minimum Gasteiger partial charge on any atom is -0.463 e. The summed E-state index contributed by atoms with van der Waals surface area (Å²) in [6.45, 7) is 13.2. The average Bonchev–Trinajstić information content (AvgIpc) is 2.80. The fraction of sp³-hybridized carbons (Fsp3) is 0.444. The number of ether oxygens (including phenoxy) is 2. The summed E-state index contributed by atoms with van der Waals surface area (Å²) >= 11 is 0. The lowest BCUT2D eigenvalue weighted by Gasteiger charge is -2.39. The van der Waals surface area contributed by atoms with Crippen molar-refractivity contribution in [3.8, 4) is 0 Å². The van der Waals surface area contributed by atoms with Crippen LogP contribution in [0.4, 0.5) is 0 Å². The van der Waals surface area contributed by atoms with Crippen LogP contribution in [0.5, 0.6) is 0 Å². The van der Waals surface area contributed by atoms with Gasteiger partial charge in [0.25, 0.3) is 0 Å². The van der Waals surface area contributed by atoms with E-state index in [0.717, 1.165) is 11.3 Å². The fourth-order valence-electron chi connectivity index (χ4n) is 4.56. The average molecular weight is 466 g/mol. The maximum atomic E-state index is 13.3. The van der Waals surface area contributed by atoms with Crippen molar-refractivity contribution in [3.63, 3.8) is 0 Å². The molecule has 1 atom stereocenters. The highest BCUT2D eigenvalue weighted by Crippen LogP contribution is 2.46. The summed E-state index contributed by atoms with van der Waals surface area (Å²) < 4.78 is 11.4. The van der Waals surface area contributed by atoms with Gasteiger partial charge in [-0.1, -0.05) is 32.6 Å². The van der Waals surface area contributed by atoms with Gasteiger partial charge in [-0.3, -0.25) is 9.78 Å². The van der Waals surface area contributed by atoms with Gasteiger partial charge in [0.15, 0.2) is 5.78 Å². The van der Waals surface area contributed by atoms with E-state index in [1.807, 2.05) is 36.2 Å². The number of aromatic nitrogens is 1. The Balaban J connectivity index is 1.99. The molecule has 0 fully saturated rings. The molecule has 1 N–H and O–H groups in total. The lowest BCUT2D eigenvalue weighted by atomic mass is 9.69. The lowest BCUT2D eigenvalue weighted by molar-refractivity contribution is -0.139. The van der Waals surface area contributed by atoms with E-state index in [-0.39, 0.29) is 24.4 Å². The summed E-state index contributed by atoms with van der Waals surface area (Å²) in [6.07, 6.45) is 10.1. The molecule has 1 aromatic heterocycles. The number of hydrogen-bond acceptors (Lipinski definition) is 7. The van der Waals surface area contributed by atoms with Gasteiger partial charge in [-0.2, -0.15) is 0 Å². The number of Topliss-reactive ketones (excluding diaryl/α,β-unsaturated/α-hetero) is 1. The maximum Gasteiger partial charge on any atom is 0.336 e. The normalized spacial score (nSPS) is 19.6. The molecule has 2 heterocycles. The maximum absolute atomic E-state index is 13.3. The first-order valence-corrected chi connectivity index (χ1v) is 11.7. The topological polar surface area (TPSA) is 80.8 Å². The molecule has 0 saturated carbocycles. The van der Waals surface area contributed by atoms with E-state index in [1.54, 1.807) is 25.5 Å². The third-order valence-electron chi connectivity index (χ3n) is 5.95. The zero-order chi connectivity index (χ0) is 24.7. The summed E-state index contributed by atoms with van der Waals surface area (Å²) in [5, 5.41) is 3.40. The standard InChI is InChI=1S/C27H35N3O4/c1-6-12-30(7-2)13-14-33-18-21-25(26(32)34-8-3)23(19-10-9-11-28-17-19)24-20(29-21)15-27(4,5)16-22(24)31/h6-7,9-12,17,23,29H,2,8,13-16,18H2,1,3-5H3/b12-6-. The lowest BCUT2D eigenvalue weighted by Crippen LogP contribution is -2.40. The SMILES string of the molecule is C=CN(/C=C\C)CCOCC1=C(C(=O)OCC)C(c2cccnc2)C2=C(CC(C)(C)CC2=O)N1. The van der Waals surface area contributed by atoms with E-state index in [2.05, 4.69) is 30.7 Å². The molecule has 0 saturated heterocycles. The molecule has 0 amide bonds. The van der Waals surface area contributed by atoms with Crippen LogP contribution < -0.4 is 5.32 Å². The number of nitrogens with one attached hydrogen (secondary N) is 1. The first-order chi connectivity index (χ1) is 16.3. The van der Waals surface area contributed by atoms with Crippen molar-refractivity contribution in [1.82, 2.24) is 15.2 Å². The second-order valence-corrected chi connectivity index (χ2v) is 9.25. The zero-order valence-electron chi connectivity index (χ0n) is 20.6. The molecule has 2 aliphatic rings. The third kappa shape index (κ3) is 5.83. The molecular weight excluding hydrogens is 430 g/mol. The van der Waals surface area contributed by atoms with Crippen molar-refractivity contribution in [2.45, 2.75) is 46.5 Å². The number of hydrogen-bond donors (Lipinski definition) is 1. The van der Waals surface area contributed by atoms with Crippen molar-refractivity contribution < 1.29 is 19.1 Å². The van der Waals surface area contributed by atoms with Gasteiger partial charge in [-0.15, -0.1) is 0 Å². The first-order valence-electron chi connectivity index (χ1n) is 11.7. The Bertz CT molecular complexity index is 1010. The molecule has 1 unspecified atom stereocenters. The summed E-state index contributed by atoms with van der Waals surface area (Å²) in [5.74, 6) is -0.950. The number of carbonyl (C=O) groups is 2. The Morgan fingerprint density at radius 1 is 1.38 bits per heavy atom. The Labute approximate surface area is 202 Å². The molecule has 0 aromatic carbocycles. The van der Waals surface area contributed by atoms with E-state index >= 15 is 0 Å². The van der Waals surface area contributed by atoms with Gasteiger partial charge in [0.2, 0.25) is 0 Å². The highest BCUT2D eigenvalue weighted by Gasteiger charge is 2.43. The second kappa shape index (κ2) is 11.3. The summed E-state index contributed by atoms with van der Waals surface area (Å²) in [4.78, 5) is 32.7. The summed E-state index contributed by atoms with van der Waals surface area (Å²) in [7, 11) is 0. The molecule has 1 aromatic rings. The van der Waals surface area contributed by atoms with Gasteiger partial charge in [-0.25, -0.2) is 4.79 Å². The summed E-state index contributed by atoms with van der Waals surface area (Å²) in [6, 6.07) is 3.72. The zero-order valence-corrected chi connectivity index (χ0v) is 20.6. The van der Waals surface area contributed by atoms with Crippen molar-refractivity contribution in [3.05, 3.63) is 77.7 Å². The molecule has 34 heavy (non-hydrogen) atoms. The number of dihydropyridines is 1. The van der Waals surface area contributed by atoms with Crippen molar-refractivity contribution in [2.24, 2.45) is 5.41 Å². The molecule has 1 aliphatic carbocycles. The highest BCUT2D eigenvalue weighted by atomic mass is 16.5. The minimum atomic E-state index is -0.543. The van der Waals surface area contributed by atoms with Crippen molar-refractivity contribution in [1.29, 1.82) is 0 Å². The number of carbonyl (C=O) groups excluding carboxylic acids is 2. The van der Waals surface area contributed by atoms with Gasteiger partial charge < -0.3 is 19.7 Å². The molecule has 0 radical (unpaired) electrons. The monoisotopic (exact) mass is 465 g/mol.